The van der Waals surface area contributed by atoms with Crippen molar-refractivity contribution in [1.29, 1.82) is 0 Å². The van der Waals surface area contributed by atoms with Crippen molar-refractivity contribution < 1.29 is 28.5 Å². The number of ether oxygens (including phenoxy) is 4. The highest BCUT2D eigenvalue weighted by molar-refractivity contribution is 8.00. The van der Waals surface area contributed by atoms with Crippen molar-refractivity contribution in [2.45, 2.75) is 23.5 Å². The number of hydrogen-bond donors (Lipinski definition) is 2. The Balaban J connectivity index is 1.41. The highest BCUT2D eigenvalue weighted by Gasteiger charge is 2.20. The van der Waals surface area contributed by atoms with Crippen molar-refractivity contribution in [1.82, 2.24) is 0 Å². The van der Waals surface area contributed by atoms with E-state index < -0.39 is 0 Å². The van der Waals surface area contributed by atoms with Gasteiger partial charge < -0.3 is 29.6 Å². The second-order valence-electron chi connectivity index (χ2n) is 7.91. The van der Waals surface area contributed by atoms with Crippen LogP contribution < -0.4 is 29.6 Å². The molecule has 1 aliphatic rings. The predicted molar refractivity (Wildman–Crippen MR) is 140 cm³/mol. The Bertz CT molecular complexity index is 1250. The van der Waals surface area contributed by atoms with Crippen LogP contribution in [0.2, 0.25) is 0 Å². The molecule has 0 fully saturated rings. The molecule has 36 heavy (non-hydrogen) atoms. The quantitative estimate of drug-likeness (QED) is 0.382. The third-order valence-electron chi connectivity index (χ3n) is 5.49. The van der Waals surface area contributed by atoms with Crippen molar-refractivity contribution >= 4 is 35.0 Å². The number of fused-ring (bicyclic) bond motifs is 1. The summed E-state index contributed by atoms with van der Waals surface area (Å²) in [7, 11) is 3.06. The SMILES string of the molecule is CCC(Sc1cccc(NC(=O)c2ccc(OC)c(OC)c2)c1)C(=O)Nc1ccc2c(c1)OCCO2. The molecule has 1 heterocycles. The highest BCUT2D eigenvalue weighted by Crippen LogP contribution is 2.34. The van der Waals surface area contributed by atoms with Gasteiger partial charge in [-0.05, 0) is 55.0 Å². The lowest BCUT2D eigenvalue weighted by Crippen LogP contribution is -2.24. The zero-order valence-electron chi connectivity index (χ0n) is 20.3. The maximum absolute atomic E-state index is 13.0. The molecule has 188 valence electrons. The second kappa shape index (κ2) is 11.7. The Morgan fingerprint density at radius 3 is 2.39 bits per heavy atom. The molecule has 0 saturated carbocycles. The Hall–Kier alpha value is -3.85. The van der Waals surface area contributed by atoms with Crippen LogP contribution in [0.1, 0.15) is 23.7 Å². The molecule has 0 aromatic heterocycles. The average molecular weight is 509 g/mol. The van der Waals surface area contributed by atoms with Crippen LogP contribution in [0, 0.1) is 0 Å². The molecule has 2 amide bonds. The normalized spacial score (nSPS) is 12.9. The molecule has 1 unspecified atom stereocenters. The standard InChI is InChI=1S/C27H28N2O6S/c1-4-25(27(31)29-19-9-11-22-24(16-19)35-13-12-34-22)36-20-7-5-6-18(15-20)28-26(30)17-8-10-21(32-2)23(14-17)33-3/h5-11,14-16,25H,4,12-13H2,1-3H3,(H,28,30)(H,29,31). The minimum atomic E-state index is -0.324. The molecular weight excluding hydrogens is 480 g/mol. The summed E-state index contributed by atoms with van der Waals surface area (Å²) in [5.74, 6) is 1.93. The van der Waals surface area contributed by atoms with Crippen molar-refractivity contribution in [3.05, 3.63) is 66.2 Å². The van der Waals surface area contributed by atoms with Gasteiger partial charge in [0, 0.05) is 27.9 Å². The number of thioether (sulfide) groups is 1. The molecule has 2 N–H and O–H groups in total. The first-order chi connectivity index (χ1) is 17.5. The predicted octanol–water partition coefficient (Wildman–Crippen LogP) is 5.24. The summed E-state index contributed by atoms with van der Waals surface area (Å²) >= 11 is 1.44. The van der Waals surface area contributed by atoms with Crippen LogP contribution >= 0.6 is 11.8 Å². The fourth-order valence-electron chi connectivity index (χ4n) is 3.66. The molecule has 0 aliphatic carbocycles. The number of methoxy groups -OCH3 is 2. The summed E-state index contributed by atoms with van der Waals surface area (Å²) in [5, 5.41) is 5.54. The number of carbonyl (C=O) groups is 2. The molecule has 4 rings (SSSR count). The number of anilines is 2. The van der Waals surface area contributed by atoms with Crippen LogP contribution in [0.3, 0.4) is 0 Å². The summed E-state index contributed by atoms with van der Waals surface area (Å²) in [6.07, 6.45) is 0.628. The van der Waals surface area contributed by atoms with Gasteiger partial charge in [0.1, 0.15) is 13.2 Å². The van der Waals surface area contributed by atoms with E-state index in [0.717, 1.165) is 4.90 Å². The van der Waals surface area contributed by atoms with Gasteiger partial charge in [0.25, 0.3) is 5.91 Å². The van der Waals surface area contributed by atoms with Gasteiger partial charge >= 0.3 is 0 Å². The summed E-state index contributed by atoms with van der Waals surface area (Å²) in [4.78, 5) is 26.6. The lowest BCUT2D eigenvalue weighted by molar-refractivity contribution is -0.115. The van der Waals surface area contributed by atoms with Crippen LogP contribution in [0.15, 0.2) is 65.6 Å². The fourth-order valence-corrected chi connectivity index (χ4v) is 4.67. The average Bonchev–Trinajstić information content (AvgIpc) is 2.91. The van der Waals surface area contributed by atoms with Gasteiger partial charge in [-0.2, -0.15) is 0 Å². The largest absolute Gasteiger partial charge is 0.493 e. The van der Waals surface area contributed by atoms with E-state index in [9.17, 15) is 9.59 Å². The number of amides is 2. The lowest BCUT2D eigenvalue weighted by atomic mass is 10.2. The number of hydrogen-bond acceptors (Lipinski definition) is 7. The summed E-state index contributed by atoms with van der Waals surface area (Å²) in [6, 6.07) is 17.8. The summed E-state index contributed by atoms with van der Waals surface area (Å²) in [5.41, 5.74) is 1.72. The molecule has 3 aromatic rings. The van der Waals surface area contributed by atoms with Crippen molar-refractivity contribution in [3.8, 4) is 23.0 Å². The maximum atomic E-state index is 13.0. The highest BCUT2D eigenvalue weighted by atomic mass is 32.2. The molecule has 3 aromatic carbocycles. The second-order valence-corrected chi connectivity index (χ2v) is 9.19. The van der Waals surface area contributed by atoms with Crippen molar-refractivity contribution in [3.63, 3.8) is 0 Å². The first-order valence-electron chi connectivity index (χ1n) is 11.5. The third kappa shape index (κ3) is 6.04. The van der Waals surface area contributed by atoms with Crippen LogP contribution in [0.4, 0.5) is 11.4 Å². The number of nitrogens with one attached hydrogen (secondary N) is 2. The molecule has 1 aliphatic heterocycles. The van der Waals surface area contributed by atoms with Crippen LogP contribution in [0.5, 0.6) is 23.0 Å². The monoisotopic (exact) mass is 508 g/mol. The van der Waals surface area contributed by atoms with Gasteiger partial charge in [0.05, 0.1) is 19.5 Å². The molecule has 0 radical (unpaired) electrons. The molecular formula is C27H28N2O6S. The van der Waals surface area contributed by atoms with Gasteiger partial charge in [-0.1, -0.05) is 13.0 Å². The van der Waals surface area contributed by atoms with E-state index in [2.05, 4.69) is 10.6 Å². The fraction of sp³-hybridized carbons (Fsp3) is 0.259. The van der Waals surface area contributed by atoms with E-state index in [4.69, 9.17) is 18.9 Å². The van der Waals surface area contributed by atoms with E-state index in [1.54, 1.807) is 49.6 Å². The Morgan fingerprint density at radius 2 is 1.64 bits per heavy atom. The first kappa shape index (κ1) is 25.2. The van der Waals surface area contributed by atoms with Crippen molar-refractivity contribution in [2.75, 3.05) is 38.1 Å². The van der Waals surface area contributed by atoms with E-state index in [0.29, 0.717) is 59.6 Å². The molecule has 0 bridgehead atoms. The van der Waals surface area contributed by atoms with Gasteiger partial charge in [-0.3, -0.25) is 9.59 Å². The molecule has 0 saturated heterocycles. The Labute approximate surface area is 214 Å². The number of carbonyl (C=O) groups excluding carboxylic acids is 2. The summed E-state index contributed by atoms with van der Waals surface area (Å²) in [6.45, 7) is 2.96. The maximum Gasteiger partial charge on any atom is 0.255 e. The zero-order chi connectivity index (χ0) is 25.5. The molecule has 9 heteroatoms. The van der Waals surface area contributed by atoms with E-state index in [-0.39, 0.29) is 17.1 Å². The minimum Gasteiger partial charge on any atom is -0.493 e. The van der Waals surface area contributed by atoms with Gasteiger partial charge in [0.2, 0.25) is 5.91 Å². The molecule has 1 atom stereocenters. The third-order valence-corrected chi connectivity index (χ3v) is 6.85. The minimum absolute atomic E-state index is 0.112. The molecule has 0 spiro atoms. The smallest absolute Gasteiger partial charge is 0.255 e. The van der Waals surface area contributed by atoms with Crippen LogP contribution in [0.25, 0.3) is 0 Å². The Morgan fingerprint density at radius 1 is 0.889 bits per heavy atom. The van der Waals surface area contributed by atoms with Crippen LogP contribution in [-0.4, -0.2) is 44.5 Å². The van der Waals surface area contributed by atoms with E-state index in [1.807, 2.05) is 25.1 Å². The Kier molecular flexibility index (Phi) is 8.22. The summed E-state index contributed by atoms with van der Waals surface area (Å²) < 4.78 is 21.7. The van der Waals surface area contributed by atoms with Gasteiger partial charge in [0.15, 0.2) is 23.0 Å². The number of rotatable bonds is 9. The zero-order valence-corrected chi connectivity index (χ0v) is 21.1. The van der Waals surface area contributed by atoms with Crippen LogP contribution in [-0.2, 0) is 4.79 Å². The van der Waals surface area contributed by atoms with Gasteiger partial charge in [-0.15, -0.1) is 11.8 Å². The molecule has 8 nitrogen and oxygen atoms in total. The lowest BCUT2D eigenvalue weighted by Gasteiger charge is -2.20. The van der Waals surface area contributed by atoms with Crippen molar-refractivity contribution in [2.24, 2.45) is 0 Å². The van der Waals surface area contributed by atoms with Gasteiger partial charge in [-0.25, -0.2) is 0 Å². The topological polar surface area (TPSA) is 95.1 Å². The van der Waals surface area contributed by atoms with E-state index >= 15 is 0 Å². The first-order valence-corrected chi connectivity index (χ1v) is 12.4. The number of benzene rings is 3. The van der Waals surface area contributed by atoms with E-state index in [1.165, 1.54) is 18.9 Å².